The van der Waals surface area contributed by atoms with E-state index in [1.165, 1.54) is 18.2 Å². The number of alkyl halides is 3. The molecule has 0 aliphatic heterocycles. The normalized spacial score (nSPS) is 13.0. The number of phenolic OH excluding ortho intramolecular Hbond substituents is 1. The van der Waals surface area contributed by atoms with Gasteiger partial charge < -0.3 is 15.6 Å². The zero-order valence-electron chi connectivity index (χ0n) is 10.9. The van der Waals surface area contributed by atoms with Gasteiger partial charge in [0.1, 0.15) is 5.75 Å². The molecule has 2 aromatic rings. The quantitative estimate of drug-likeness (QED) is 0.784. The molecule has 0 radical (unpaired) electrons. The van der Waals surface area contributed by atoms with Gasteiger partial charge in [-0.15, -0.1) is 13.2 Å². The standard InChI is InChI=1S/C14H10BrF4NO2/c15-9-5-6-10(16)13(21)11(9)12(20)7-1-3-8(4-2-7)22-14(17,18)19/h1-6,12,21H,20H2/t12-/m0/s1. The van der Waals surface area contributed by atoms with Crippen LogP contribution in [0.3, 0.4) is 0 Å². The Morgan fingerprint density at radius 1 is 1.09 bits per heavy atom. The Labute approximate surface area is 131 Å². The minimum Gasteiger partial charge on any atom is -0.505 e. The summed E-state index contributed by atoms with van der Waals surface area (Å²) in [5, 5.41) is 9.76. The van der Waals surface area contributed by atoms with Crippen molar-refractivity contribution in [3.05, 3.63) is 57.8 Å². The van der Waals surface area contributed by atoms with Crippen molar-refractivity contribution >= 4 is 15.9 Å². The lowest BCUT2D eigenvalue weighted by Crippen LogP contribution is -2.17. The first kappa shape index (κ1) is 16.6. The number of benzene rings is 2. The number of rotatable bonds is 3. The molecular weight excluding hydrogens is 370 g/mol. The summed E-state index contributed by atoms with van der Waals surface area (Å²) < 4.78 is 53.8. The minimum atomic E-state index is -4.78. The van der Waals surface area contributed by atoms with E-state index in [0.29, 0.717) is 10.0 Å². The zero-order chi connectivity index (χ0) is 16.5. The van der Waals surface area contributed by atoms with E-state index in [-0.39, 0.29) is 5.56 Å². The van der Waals surface area contributed by atoms with Crippen molar-refractivity contribution in [2.75, 3.05) is 0 Å². The minimum absolute atomic E-state index is 0.101. The van der Waals surface area contributed by atoms with Crippen LogP contribution in [-0.4, -0.2) is 11.5 Å². The second-order valence-corrected chi connectivity index (χ2v) is 5.24. The van der Waals surface area contributed by atoms with Crippen LogP contribution in [0.25, 0.3) is 0 Å². The molecule has 1 atom stereocenters. The van der Waals surface area contributed by atoms with Gasteiger partial charge in [-0.2, -0.15) is 0 Å². The molecule has 0 aliphatic rings. The first-order chi connectivity index (χ1) is 10.2. The third-order valence-corrected chi connectivity index (χ3v) is 3.59. The molecule has 0 bridgehead atoms. The maximum absolute atomic E-state index is 13.4. The Bertz CT molecular complexity index is 674. The summed E-state index contributed by atoms with van der Waals surface area (Å²) in [5.41, 5.74) is 6.43. The number of halogens is 5. The van der Waals surface area contributed by atoms with Crippen LogP contribution in [0.2, 0.25) is 0 Å². The van der Waals surface area contributed by atoms with Crippen molar-refractivity contribution in [1.29, 1.82) is 0 Å². The van der Waals surface area contributed by atoms with Gasteiger partial charge >= 0.3 is 6.36 Å². The van der Waals surface area contributed by atoms with Crippen LogP contribution < -0.4 is 10.5 Å². The number of aromatic hydroxyl groups is 1. The molecule has 0 aromatic heterocycles. The molecule has 118 valence electrons. The van der Waals surface area contributed by atoms with Gasteiger partial charge in [-0.1, -0.05) is 28.1 Å². The molecule has 0 aliphatic carbocycles. The SMILES string of the molecule is N[C@@H](c1ccc(OC(F)(F)F)cc1)c1c(Br)ccc(F)c1O. The van der Waals surface area contributed by atoms with Crippen LogP contribution in [-0.2, 0) is 0 Å². The van der Waals surface area contributed by atoms with E-state index in [4.69, 9.17) is 5.73 Å². The number of nitrogens with two attached hydrogens (primary N) is 1. The summed E-state index contributed by atoms with van der Waals surface area (Å²) in [6, 6.07) is 6.32. The van der Waals surface area contributed by atoms with E-state index in [9.17, 15) is 22.7 Å². The molecular formula is C14H10BrF4NO2. The molecule has 8 heteroatoms. The van der Waals surface area contributed by atoms with E-state index in [1.54, 1.807) is 0 Å². The van der Waals surface area contributed by atoms with Crippen LogP contribution in [0.4, 0.5) is 17.6 Å². The van der Waals surface area contributed by atoms with Crippen LogP contribution in [0, 0.1) is 5.82 Å². The summed E-state index contributed by atoms with van der Waals surface area (Å²) in [5.74, 6) is -1.85. The lowest BCUT2D eigenvalue weighted by molar-refractivity contribution is -0.274. The average Bonchev–Trinajstić information content (AvgIpc) is 2.42. The maximum atomic E-state index is 13.4. The molecule has 0 spiro atoms. The lowest BCUT2D eigenvalue weighted by Gasteiger charge is -2.17. The van der Waals surface area contributed by atoms with E-state index in [0.717, 1.165) is 18.2 Å². The topological polar surface area (TPSA) is 55.5 Å². The zero-order valence-corrected chi connectivity index (χ0v) is 12.5. The summed E-state index contributed by atoms with van der Waals surface area (Å²) in [7, 11) is 0. The summed E-state index contributed by atoms with van der Waals surface area (Å²) in [4.78, 5) is 0. The van der Waals surface area contributed by atoms with E-state index >= 15 is 0 Å². The fourth-order valence-corrected chi connectivity index (χ4v) is 2.46. The molecule has 22 heavy (non-hydrogen) atoms. The maximum Gasteiger partial charge on any atom is 0.573 e. The number of phenols is 1. The Morgan fingerprint density at radius 3 is 2.23 bits per heavy atom. The molecule has 3 nitrogen and oxygen atoms in total. The molecule has 3 N–H and O–H groups in total. The van der Waals surface area contributed by atoms with Crippen molar-refractivity contribution < 1.29 is 27.4 Å². The van der Waals surface area contributed by atoms with Crippen molar-refractivity contribution in [2.24, 2.45) is 5.73 Å². The second kappa shape index (κ2) is 6.13. The third kappa shape index (κ3) is 3.69. The van der Waals surface area contributed by atoms with Gasteiger partial charge in [0.2, 0.25) is 0 Å². The van der Waals surface area contributed by atoms with Gasteiger partial charge in [0.05, 0.1) is 6.04 Å². The van der Waals surface area contributed by atoms with Crippen LogP contribution in [0.5, 0.6) is 11.5 Å². The van der Waals surface area contributed by atoms with Gasteiger partial charge in [-0.3, -0.25) is 0 Å². The molecule has 0 unspecified atom stereocenters. The van der Waals surface area contributed by atoms with Gasteiger partial charge in [-0.25, -0.2) is 4.39 Å². The van der Waals surface area contributed by atoms with Crippen LogP contribution in [0.1, 0.15) is 17.2 Å². The first-order valence-electron chi connectivity index (χ1n) is 5.97. The first-order valence-corrected chi connectivity index (χ1v) is 6.76. The van der Waals surface area contributed by atoms with Gasteiger partial charge in [0, 0.05) is 10.0 Å². The Balaban J connectivity index is 2.31. The molecule has 0 amide bonds. The molecule has 2 aromatic carbocycles. The van der Waals surface area contributed by atoms with Crippen molar-refractivity contribution in [3.63, 3.8) is 0 Å². The van der Waals surface area contributed by atoms with E-state index in [2.05, 4.69) is 20.7 Å². The van der Waals surface area contributed by atoms with Gasteiger partial charge in [-0.05, 0) is 29.8 Å². The lowest BCUT2D eigenvalue weighted by atomic mass is 9.98. The number of hydrogen-bond donors (Lipinski definition) is 2. The van der Waals surface area contributed by atoms with Crippen LogP contribution in [0.15, 0.2) is 40.9 Å². The van der Waals surface area contributed by atoms with Crippen LogP contribution >= 0.6 is 15.9 Å². The number of hydrogen-bond acceptors (Lipinski definition) is 3. The molecule has 0 saturated heterocycles. The molecule has 0 heterocycles. The summed E-state index contributed by atoms with van der Waals surface area (Å²) in [6.07, 6.45) is -4.78. The Morgan fingerprint density at radius 2 is 1.68 bits per heavy atom. The smallest absolute Gasteiger partial charge is 0.505 e. The van der Waals surface area contributed by atoms with E-state index < -0.39 is 29.7 Å². The molecule has 0 saturated carbocycles. The average molecular weight is 380 g/mol. The van der Waals surface area contributed by atoms with E-state index in [1.807, 2.05) is 0 Å². The molecule has 2 rings (SSSR count). The van der Waals surface area contributed by atoms with Gasteiger partial charge in [0.25, 0.3) is 0 Å². The number of ether oxygens (including phenoxy) is 1. The third-order valence-electron chi connectivity index (χ3n) is 2.90. The highest BCUT2D eigenvalue weighted by Gasteiger charge is 2.31. The highest BCUT2D eigenvalue weighted by Crippen LogP contribution is 2.36. The van der Waals surface area contributed by atoms with Crippen molar-refractivity contribution in [1.82, 2.24) is 0 Å². The van der Waals surface area contributed by atoms with Gasteiger partial charge in [0.15, 0.2) is 11.6 Å². The van der Waals surface area contributed by atoms with Crippen molar-refractivity contribution in [2.45, 2.75) is 12.4 Å². The van der Waals surface area contributed by atoms with Crippen molar-refractivity contribution in [3.8, 4) is 11.5 Å². The largest absolute Gasteiger partial charge is 0.573 e. The second-order valence-electron chi connectivity index (χ2n) is 4.39. The highest BCUT2D eigenvalue weighted by atomic mass is 79.9. The monoisotopic (exact) mass is 379 g/mol. The summed E-state index contributed by atoms with van der Waals surface area (Å²) >= 11 is 3.15. The molecule has 0 fully saturated rings. The summed E-state index contributed by atoms with van der Waals surface area (Å²) in [6.45, 7) is 0. The Kier molecular flexibility index (Phi) is 4.62. The predicted molar refractivity (Wildman–Crippen MR) is 74.9 cm³/mol. The Hall–Kier alpha value is -1.80. The fourth-order valence-electron chi connectivity index (χ4n) is 1.90. The fraction of sp³-hybridized carbons (Fsp3) is 0.143. The highest BCUT2D eigenvalue weighted by molar-refractivity contribution is 9.10. The predicted octanol–water partition coefficient (Wildman–Crippen LogP) is 4.24.